The number of nitrogens with one attached hydrogen (secondary N) is 2. The van der Waals surface area contributed by atoms with Crippen molar-refractivity contribution < 1.29 is 0 Å². The molecule has 0 fully saturated rings. The monoisotopic (exact) mass is 710 g/mol. The number of aromatic nitrogens is 2. The number of hydrogen-bond donors (Lipinski definition) is 6. The van der Waals surface area contributed by atoms with Crippen molar-refractivity contribution in [3.05, 3.63) is 209 Å². The van der Waals surface area contributed by atoms with Crippen molar-refractivity contribution in [2.45, 2.75) is 0 Å². The fraction of sp³-hybridized carbons (Fsp3) is 0. The third-order valence-corrected chi connectivity index (χ3v) is 11.7. The molecule has 8 bridgehead atoms. The van der Waals surface area contributed by atoms with Crippen LogP contribution in [0.25, 0.3) is 22.3 Å². The zero-order chi connectivity index (χ0) is 35.3. The van der Waals surface area contributed by atoms with E-state index in [0.717, 1.165) is 108 Å². The van der Waals surface area contributed by atoms with Gasteiger partial charge in [-0.25, -0.2) is 0 Å². The third-order valence-electron chi connectivity index (χ3n) is 9.44. The second kappa shape index (κ2) is 12.7. The summed E-state index contributed by atoms with van der Waals surface area (Å²) in [6.07, 6.45) is 0. The van der Waals surface area contributed by atoms with Crippen LogP contribution in [0, 0.1) is 0 Å². The SMILES string of the molecule is Nc1ccc(C2=c3ccc(s3)=C(c3ccc(N)cc3)c3ccc([nH]3)C(c3ccc(N)cc3)=c3ccc(s3)=C(c3ccc(N)cc3)c3ccc2[nH]3)cc1. The van der Waals surface area contributed by atoms with Crippen LogP contribution in [0.4, 0.5) is 22.7 Å². The van der Waals surface area contributed by atoms with Gasteiger partial charge in [-0.05, 0) is 119 Å². The fourth-order valence-corrected chi connectivity index (χ4v) is 9.25. The Morgan fingerprint density at radius 2 is 0.481 bits per heavy atom. The number of benzene rings is 4. The summed E-state index contributed by atoms with van der Waals surface area (Å²) in [7, 11) is 0. The van der Waals surface area contributed by atoms with Crippen molar-refractivity contribution in [1.29, 1.82) is 0 Å². The van der Waals surface area contributed by atoms with Crippen LogP contribution in [0.5, 0.6) is 0 Å². The van der Waals surface area contributed by atoms with Crippen LogP contribution in [0.3, 0.4) is 0 Å². The molecular formula is C44H34N6S2. The second-order valence-corrected chi connectivity index (χ2v) is 15.1. The lowest BCUT2D eigenvalue weighted by atomic mass is 10.0. The molecule has 10 N–H and O–H groups in total. The zero-order valence-corrected chi connectivity index (χ0v) is 29.6. The Labute approximate surface area is 308 Å². The van der Waals surface area contributed by atoms with Crippen molar-refractivity contribution in [1.82, 2.24) is 9.97 Å². The number of rotatable bonds is 4. The van der Waals surface area contributed by atoms with E-state index in [-0.39, 0.29) is 0 Å². The molecule has 0 aliphatic carbocycles. The minimum atomic E-state index is 0.723. The van der Waals surface area contributed by atoms with Crippen LogP contribution in [-0.2, 0) is 0 Å². The van der Waals surface area contributed by atoms with Crippen LogP contribution in [0.15, 0.2) is 146 Å². The van der Waals surface area contributed by atoms with Crippen LogP contribution < -0.4 is 41.1 Å². The lowest BCUT2D eigenvalue weighted by Crippen LogP contribution is -2.09. The van der Waals surface area contributed by atoms with Crippen molar-refractivity contribution in [2.75, 3.05) is 22.9 Å². The fourth-order valence-electron chi connectivity index (χ4n) is 6.91. The van der Waals surface area contributed by atoms with E-state index in [1.165, 1.54) is 0 Å². The Hall–Kier alpha value is -6.48. The summed E-state index contributed by atoms with van der Waals surface area (Å²) in [5, 5.41) is 0. The highest BCUT2D eigenvalue weighted by molar-refractivity contribution is 7.08. The lowest BCUT2D eigenvalue weighted by molar-refractivity contribution is 1.29. The molecule has 0 saturated carbocycles. The summed E-state index contributed by atoms with van der Waals surface area (Å²) in [4.78, 5) is 7.69. The summed E-state index contributed by atoms with van der Waals surface area (Å²) in [6.45, 7) is 0. The number of anilines is 4. The standard InChI is InChI=1S/C44H34N6S2/c45-29-9-1-25(2-10-29)41-33-17-18-34(49-33)42(26-3-11-30(46)12-4-26)39-23-24-40(52-39)44(28-7-15-32(48)16-8-28)36-20-19-35(50-36)43(38-22-21-37(41)51-38)27-5-13-31(47)14-6-27/h1-24,49-50H,45-48H2. The molecule has 8 heteroatoms. The van der Waals surface area contributed by atoms with Gasteiger partial charge in [-0.2, -0.15) is 0 Å². The van der Waals surface area contributed by atoms with Gasteiger partial charge in [0.15, 0.2) is 0 Å². The quantitative estimate of drug-likeness (QED) is 0.123. The Morgan fingerprint density at radius 1 is 0.269 bits per heavy atom. The van der Waals surface area contributed by atoms with Gasteiger partial charge >= 0.3 is 0 Å². The Balaban J connectivity index is 1.43. The van der Waals surface area contributed by atoms with E-state index in [2.05, 4.69) is 107 Å². The van der Waals surface area contributed by atoms with E-state index in [0.29, 0.717) is 0 Å². The van der Waals surface area contributed by atoms with Gasteiger partial charge in [-0.1, -0.05) is 48.5 Å². The van der Waals surface area contributed by atoms with Crippen LogP contribution in [0.2, 0.25) is 0 Å². The van der Waals surface area contributed by atoms with Gasteiger partial charge in [0, 0.05) is 85.9 Å². The van der Waals surface area contributed by atoms with Crippen LogP contribution in [-0.4, -0.2) is 9.97 Å². The Morgan fingerprint density at radius 3 is 0.692 bits per heavy atom. The highest BCUT2D eigenvalue weighted by Crippen LogP contribution is 2.30. The largest absolute Gasteiger partial charge is 0.399 e. The van der Waals surface area contributed by atoms with Gasteiger partial charge in [0.25, 0.3) is 0 Å². The van der Waals surface area contributed by atoms with Crippen molar-refractivity contribution in [3.8, 4) is 0 Å². The molecule has 9 rings (SSSR count). The maximum atomic E-state index is 6.17. The summed E-state index contributed by atoms with van der Waals surface area (Å²) < 4.78 is 4.51. The minimum absolute atomic E-state index is 0.723. The van der Waals surface area contributed by atoms with E-state index in [9.17, 15) is 0 Å². The first-order chi connectivity index (χ1) is 25.4. The highest BCUT2D eigenvalue weighted by atomic mass is 32.1. The first-order valence-electron chi connectivity index (χ1n) is 16.9. The molecule has 0 unspecified atom stereocenters. The number of hydrogen-bond acceptors (Lipinski definition) is 6. The molecule has 1 aliphatic heterocycles. The molecular weight excluding hydrogens is 677 g/mol. The summed E-state index contributed by atoms with van der Waals surface area (Å²) in [5.41, 5.74) is 40.3. The van der Waals surface area contributed by atoms with E-state index in [1.54, 1.807) is 22.7 Å². The molecule has 0 radical (unpaired) electrons. The number of nitrogen functional groups attached to an aromatic ring is 4. The molecule has 8 aromatic rings. The predicted molar refractivity (Wildman–Crippen MR) is 219 cm³/mol. The summed E-state index contributed by atoms with van der Waals surface area (Å²) in [5.74, 6) is 0. The van der Waals surface area contributed by atoms with Crippen molar-refractivity contribution in [3.63, 3.8) is 0 Å². The first kappa shape index (κ1) is 31.5. The number of thiophene rings is 2. The number of nitrogens with two attached hydrogens (primary N) is 4. The van der Waals surface area contributed by atoms with Crippen molar-refractivity contribution in [2.24, 2.45) is 0 Å². The van der Waals surface area contributed by atoms with Gasteiger partial charge in [0.05, 0.1) is 0 Å². The smallest absolute Gasteiger partial charge is 0.0479 e. The van der Waals surface area contributed by atoms with Crippen LogP contribution in [0.1, 0.15) is 45.0 Å². The molecule has 1 aliphatic rings. The zero-order valence-electron chi connectivity index (χ0n) is 28.0. The molecule has 6 nitrogen and oxygen atoms in total. The minimum Gasteiger partial charge on any atom is -0.399 e. The molecule has 4 aromatic heterocycles. The molecule has 0 amide bonds. The number of fused-ring (bicyclic) bond motifs is 8. The molecule has 0 saturated heterocycles. The van der Waals surface area contributed by atoms with Crippen LogP contribution >= 0.6 is 22.7 Å². The van der Waals surface area contributed by atoms with E-state index in [4.69, 9.17) is 22.9 Å². The predicted octanol–water partition coefficient (Wildman–Crippen LogP) is 6.10. The summed E-state index contributed by atoms with van der Waals surface area (Å²) >= 11 is 3.51. The Kier molecular flexibility index (Phi) is 7.69. The maximum absolute atomic E-state index is 6.17. The molecule has 0 spiro atoms. The van der Waals surface area contributed by atoms with Gasteiger partial charge in [-0.3, -0.25) is 0 Å². The topological polar surface area (TPSA) is 136 Å². The van der Waals surface area contributed by atoms with Gasteiger partial charge in [-0.15, -0.1) is 22.7 Å². The normalized spacial score (nSPS) is 12.8. The second-order valence-electron chi connectivity index (χ2n) is 12.9. The lowest BCUT2D eigenvalue weighted by Gasteiger charge is -2.10. The molecule has 0 atom stereocenters. The van der Waals surface area contributed by atoms with Gasteiger partial charge < -0.3 is 32.9 Å². The van der Waals surface area contributed by atoms with E-state index < -0.39 is 0 Å². The molecule has 252 valence electrons. The number of aromatic amines is 2. The van der Waals surface area contributed by atoms with Gasteiger partial charge in [0.1, 0.15) is 0 Å². The Bertz CT molecular complexity index is 2460. The van der Waals surface area contributed by atoms with Gasteiger partial charge in [0.2, 0.25) is 0 Å². The third kappa shape index (κ3) is 5.70. The highest BCUT2D eigenvalue weighted by Gasteiger charge is 2.18. The molecule has 5 heterocycles. The van der Waals surface area contributed by atoms with E-state index in [1.807, 2.05) is 48.5 Å². The van der Waals surface area contributed by atoms with Crippen molar-refractivity contribution >= 4 is 67.7 Å². The average molecular weight is 711 g/mol. The molecule has 4 aromatic carbocycles. The average Bonchev–Trinajstić information content (AvgIpc) is 3.99. The maximum Gasteiger partial charge on any atom is 0.0479 e. The number of H-pyrrole nitrogens is 2. The summed E-state index contributed by atoms with van der Waals surface area (Å²) in [6, 6.07) is 50.0. The van der Waals surface area contributed by atoms with E-state index >= 15 is 0 Å². The first-order valence-corrected chi connectivity index (χ1v) is 18.5. The molecule has 52 heavy (non-hydrogen) atoms.